The molecule has 92 valence electrons. The molecule has 2 rings (SSSR count). The van der Waals surface area contributed by atoms with Gasteiger partial charge in [0.05, 0.1) is 18.1 Å². The maximum Gasteiger partial charge on any atom is 0.227 e. The summed E-state index contributed by atoms with van der Waals surface area (Å²) in [5.41, 5.74) is 7.58. The van der Waals surface area contributed by atoms with Gasteiger partial charge in [0.2, 0.25) is 11.9 Å². The number of benzene rings is 1. The van der Waals surface area contributed by atoms with Gasteiger partial charge in [0.15, 0.2) is 0 Å². The van der Waals surface area contributed by atoms with Crippen molar-refractivity contribution in [2.45, 2.75) is 6.92 Å². The monoisotopic (exact) mass is 243 g/mol. The first-order chi connectivity index (χ1) is 8.63. The number of hydrogen-bond acceptors (Lipinski definition) is 5. The van der Waals surface area contributed by atoms with Gasteiger partial charge in [-0.2, -0.15) is 0 Å². The van der Waals surface area contributed by atoms with E-state index in [4.69, 9.17) is 5.73 Å². The van der Waals surface area contributed by atoms with E-state index >= 15 is 0 Å². The average Bonchev–Trinajstić information content (AvgIpc) is 2.34. The molecule has 6 nitrogen and oxygen atoms in total. The molecule has 0 saturated carbocycles. The van der Waals surface area contributed by atoms with Crippen LogP contribution < -0.4 is 16.4 Å². The molecule has 18 heavy (non-hydrogen) atoms. The zero-order chi connectivity index (χ0) is 13.0. The molecular formula is C12H13N5O. The molecule has 6 heteroatoms. The molecule has 0 saturated heterocycles. The molecular weight excluding hydrogens is 230 g/mol. The second kappa shape index (κ2) is 5.13. The molecule has 2 aromatic rings. The van der Waals surface area contributed by atoms with Crippen LogP contribution in [0.2, 0.25) is 0 Å². The van der Waals surface area contributed by atoms with Gasteiger partial charge in [-0.3, -0.25) is 4.79 Å². The molecule has 0 unspecified atom stereocenters. The fourth-order valence-corrected chi connectivity index (χ4v) is 1.37. The lowest BCUT2D eigenvalue weighted by molar-refractivity contribution is -0.114. The van der Waals surface area contributed by atoms with Crippen molar-refractivity contribution < 1.29 is 4.79 Å². The second-order valence-corrected chi connectivity index (χ2v) is 3.72. The maximum atomic E-state index is 10.9. The van der Waals surface area contributed by atoms with E-state index in [1.54, 1.807) is 12.1 Å². The fourth-order valence-electron chi connectivity index (χ4n) is 1.37. The number of hydrogen-bond donors (Lipinski definition) is 3. The molecule has 1 heterocycles. The molecule has 1 amide bonds. The normalized spacial score (nSPS) is 9.83. The molecule has 1 aromatic heterocycles. The van der Waals surface area contributed by atoms with Crippen LogP contribution in [0.3, 0.4) is 0 Å². The standard InChI is InChI=1S/C12H13N5O/c1-8(18)16-10-2-4-11(5-3-10)17-12-14-6-9(13)7-15-12/h2-7H,13H2,1H3,(H,16,18)(H,14,15,17). The number of nitrogens with two attached hydrogens (primary N) is 1. The van der Waals surface area contributed by atoms with Gasteiger partial charge in [-0.05, 0) is 24.3 Å². The number of nitrogens with zero attached hydrogens (tertiary/aromatic N) is 2. The quantitative estimate of drug-likeness (QED) is 0.763. The SMILES string of the molecule is CC(=O)Nc1ccc(Nc2ncc(N)cn2)cc1. The Hall–Kier alpha value is -2.63. The number of rotatable bonds is 3. The van der Waals surface area contributed by atoms with Crippen LogP contribution in [0.4, 0.5) is 23.0 Å². The zero-order valence-electron chi connectivity index (χ0n) is 9.84. The zero-order valence-corrected chi connectivity index (χ0v) is 9.84. The summed E-state index contributed by atoms with van der Waals surface area (Å²) in [6, 6.07) is 7.23. The van der Waals surface area contributed by atoms with Gasteiger partial charge >= 0.3 is 0 Å². The van der Waals surface area contributed by atoms with Gasteiger partial charge in [-0.1, -0.05) is 0 Å². The molecule has 0 aliphatic rings. The average molecular weight is 243 g/mol. The summed E-state index contributed by atoms with van der Waals surface area (Å²) >= 11 is 0. The first-order valence-electron chi connectivity index (χ1n) is 5.36. The van der Waals surface area contributed by atoms with Crippen LogP contribution in [-0.4, -0.2) is 15.9 Å². The Balaban J connectivity index is 2.06. The smallest absolute Gasteiger partial charge is 0.227 e. The molecule has 0 aliphatic carbocycles. The number of aromatic nitrogens is 2. The minimum atomic E-state index is -0.0995. The number of nitrogens with one attached hydrogen (secondary N) is 2. The van der Waals surface area contributed by atoms with E-state index in [1.165, 1.54) is 19.3 Å². The largest absolute Gasteiger partial charge is 0.396 e. The van der Waals surface area contributed by atoms with Crippen LogP contribution in [0, 0.1) is 0 Å². The first kappa shape index (κ1) is 11.8. The van der Waals surface area contributed by atoms with E-state index in [-0.39, 0.29) is 5.91 Å². The third-order valence-electron chi connectivity index (χ3n) is 2.13. The number of amides is 1. The summed E-state index contributed by atoms with van der Waals surface area (Å²) in [4.78, 5) is 18.9. The lowest BCUT2D eigenvalue weighted by atomic mass is 10.3. The van der Waals surface area contributed by atoms with Crippen molar-refractivity contribution in [2.75, 3.05) is 16.4 Å². The van der Waals surface area contributed by atoms with Crippen molar-refractivity contribution >= 4 is 28.9 Å². The van der Waals surface area contributed by atoms with Crippen LogP contribution in [0.25, 0.3) is 0 Å². The highest BCUT2D eigenvalue weighted by molar-refractivity contribution is 5.88. The van der Waals surface area contributed by atoms with Crippen molar-refractivity contribution in [3.63, 3.8) is 0 Å². The Bertz CT molecular complexity index is 535. The molecule has 0 radical (unpaired) electrons. The van der Waals surface area contributed by atoms with Crippen molar-refractivity contribution in [2.24, 2.45) is 0 Å². The van der Waals surface area contributed by atoms with Gasteiger partial charge < -0.3 is 16.4 Å². The van der Waals surface area contributed by atoms with E-state index in [0.717, 1.165) is 11.4 Å². The molecule has 0 fully saturated rings. The van der Waals surface area contributed by atoms with Crippen LogP contribution >= 0.6 is 0 Å². The predicted molar refractivity (Wildman–Crippen MR) is 70.5 cm³/mol. The third kappa shape index (κ3) is 3.18. The van der Waals surface area contributed by atoms with Crippen LogP contribution in [0.15, 0.2) is 36.7 Å². The highest BCUT2D eigenvalue weighted by atomic mass is 16.1. The topological polar surface area (TPSA) is 92.9 Å². The molecule has 0 aliphatic heterocycles. The number of carbonyl (C=O) groups excluding carboxylic acids is 1. The summed E-state index contributed by atoms with van der Waals surface area (Å²) < 4.78 is 0. The Morgan fingerprint density at radius 2 is 1.67 bits per heavy atom. The molecule has 4 N–H and O–H groups in total. The lowest BCUT2D eigenvalue weighted by Crippen LogP contribution is -2.05. The van der Waals surface area contributed by atoms with Gasteiger partial charge in [-0.15, -0.1) is 0 Å². The molecule has 1 aromatic carbocycles. The predicted octanol–water partition coefficient (Wildman–Crippen LogP) is 1.76. The maximum absolute atomic E-state index is 10.9. The van der Waals surface area contributed by atoms with Gasteiger partial charge in [-0.25, -0.2) is 9.97 Å². The minimum absolute atomic E-state index is 0.0995. The summed E-state index contributed by atoms with van der Waals surface area (Å²) in [6.07, 6.45) is 3.06. The van der Waals surface area contributed by atoms with Gasteiger partial charge in [0, 0.05) is 18.3 Å². The third-order valence-corrected chi connectivity index (χ3v) is 2.13. The van der Waals surface area contributed by atoms with Gasteiger partial charge in [0.25, 0.3) is 0 Å². The fraction of sp³-hybridized carbons (Fsp3) is 0.0833. The highest BCUT2D eigenvalue weighted by Crippen LogP contribution is 2.16. The molecule has 0 bridgehead atoms. The highest BCUT2D eigenvalue weighted by Gasteiger charge is 1.99. The first-order valence-corrected chi connectivity index (χ1v) is 5.36. The Morgan fingerprint density at radius 3 is 2.22 bits per heavy atom. The van der Waals surface area contributed by atoms with Crippen LogP contribution in [-0.2, 0) is 4.79 Å². The van der Waals surface area contributed by atoms with Crippen LogP contribution in [0.5, 0.6) is 0 Å². The summed E-state index contributed by atoms with van der Waals surface area (Å²) in [6.45, 7) is 1.47. The van der Waals surface area contributed by atoms with Crippen molar-refractivity contribution in [3.8, 4) is 0 Å². The van der Waals surface area contributed by atoms with Crippen molar-refractivity contribution in [1.29, 1.82) is 0 Å². The Kier molecular flexibility index (Phi) is 3.38. The summed E-state index contributed by atoms with van der Waals surface area (Å²) in [5.74, 6) is 0.369. The number of nitrogen functional groups attached to an aromatic ring is 1. The second-order valence-electron chi connectivity index (χ2n) is 3.72. The lowest BCUT2D eigenvalue weighted by Gasteiger charge is -2.06. The summed E-state index contributed by atoms with van der Waals surface area (Å²) in [5, 5.41) is 5.71. The van der Waals surface area contributed by atoms with E-state index in [9.17, 15) is 4.79 Å². The van der Waals surface area contributed by atoms with E-state index in [1.807, 2.05) is 12.1 Å². The Morgan fingerprint density at radius 1 is 1.11 bits per heavy atom. The van der Waals surface area contributed by atoms with E-state index < -0.39 is 0 Å². The van der Waals surface area contributed by atoms with Gasteiger partial charge in [0.1, 0.15) is 0 Å². The molecule has 0 atom stereocenters. The summed E-state index contributed by atoms with van der Waals surface area (Å²) in [7, 11) is 0. The minimum Gasteiger partial charge on any atom is -0.396 e. The number of anilines is 4. The van der Waals surface area contributed by atoms with Crippen molar-refractivity contribution in [3.05, 3.63) is 36.7 Å². The van der Waals surface area contributed by atoms with Crippen LogP contribution in [0.1, 0.15) is 6.92 Å². The Labute approximate surface area is 104 Å². The van der Waals surface area contributed by atoms with E-state index in [0.29, 0.717) is 11.6 Å². The number of carbonyl (C=O) groups is 1. The molecule has 0 spiro atoms. The van der Waals surface area contributed by atoms with Crippen molar-refractivity contribution in [1.82, 2.24) is 9.97 Å². The van der Waals surface area contributed by atoms with E-state index in [2.05, 4.69) is 20.6 Å².